The number of ketones is 1. The first-order chi connectivity index (χ1) is 8.90. The van der Waals surface area contributed by atoms with Crippen LogP contribution in [0.15, 0.2) is 16.6 Å². The number of halogens is 1. The van der Waals surface area contributed by atoms with E-state index < -0.39 is 0 Å². The highest BCUT2D eigenvalue weighted by atomic mass is 79.9. The van der Waals surface area contributed by atoms with Gasteiger partial charge in [0, 0.05) is 35.6 Å². The van der Waals surface area contributed by atoms with Gasteiger partial charge in [-0.05, 0) is 30.0 Å². The number of nitrogens with zero attached hydrogens (tertiary/aromatic N) is 1. The molecule has 1 amide bonds. The van der Waals surface area contributed by atoms with Crippen molar-refractivity contribution in [3.63, 3.8) is 0 Å². The fourth-order valence-electron chi connectivity index (χ4n) is 2.43. The fourth-order valence-corrected chi connectivity index (χ4v) is 3.04. The molecule has 0 N–H and O–H groups in total. The lowest BCUT2D eigenvalue weighted by atomic mass is 9.99. The molecule has 1 aliphatic rings. The van der Waals surface area contributed by atoms with E-state index >= 15 is 0 Å². The summed E-state index contributed by atoms with van der Waals surface area (Å²) >= 11 is 3.47. The van der Waals surface area contributed by atoms with Gasteiger partial charge in [0.15, 0.2) is 5.78 Å². The normalized spacial score (nSPS) is 13.8. The molecule has 4 heteroatoms. The number of carbonyl (C=O) groups excluding carboxylic acids is 2. The first-order valence-electron chi connectivity index (χ1n) is 6.54. The molecule has 0 atom stereocenters. The van der Waals surface area contributed by atoms with Crippen LogP contribution < -0.4 is 4.90 Å². The lowest BCUT2D eigenvalue weighted by Crippen LogP contribution is -2.26. The van der Waals surface area contributed by atoms with Crippen LogP contribution in [0.4, 0.5) is 5.69 Å². The van der Waals surface area contributed by atoms with Crippen LogP contribution in [0, 0.1) is 5.92 Å². The number of hydrogen-bond acceptors (Lipinski definition) is 2. The Morgan fingerprint density at radius 2 is 2.05 bits per heavy atom. The predicted octanol–water partition coefficient (Wildman–Crippen LogP) is 3.59. The molecule has 0 unspecified atom stereocenters. The van der Waals surface area contributed by atoms with Crippen LogP contribution in [0.1, 0.15) is 43.1 Å². The van der Waals surface area contributed by atoms with Gasteiger partial charge in [-0.2, -0.15) is 0 Å². The molecule has 2 rings (SSSR count). The Morgan fingerprint density at radius 1 is 1.37 bits per heavy atom. The molecule has 3 nitrogen and oxygen atoms in total. The van der Waals surface area contributed by atoms with E-state index in [0.717, 1.165) is 22.1 Å². The van der Waals surface area contributed by atoms with Crippen molar-refractivity contribution in [2.45, 2.75) is 33.6 Å². The molecule has 0 spiro atoms. The van der Waals surface area contributed by atoms with Crippen molar-refractivity contribution in [3.05, 3.63) is 27.7 Å². The summed E-state index contributed by atoms with van der Waals surface area (Å²) in [4.78, 5) is 25.5. The highest BCUT2D eigenvalue weighted by Gasteiger charge is 2.25. The molecular formula is C15H18BrNO2. The average Bonchev–Trinajstić information content (AvgIpc) is 2.69. The maximum atomic E-state index is 12.2. The number of rotatable bonds is 3. The van der Waals surface area contributed by atoms with Crippen molar-refractivity contribution in [2.24, 2.45) is 5.92 Å². The predicted molar refractivity (Wildman–Crippen MR) is 79.7 cm³/mol. The third-order valence-corrected chi connectivity index (χ3v) is 3.99. The largest absolute Gasteiger partial charge is 0.312 e. The molecule has 19 heavy (non-hydrogen) atoms. The molecule has 102 valence electrons. The number of benzene rings is 1. The van der Waals surface area contributed by atoms with E-state index in [1.54, 1.807) is 11.8 Å². The molecule has 0 aliphatic carbocycles. The minimum absolute atomic E-state index is 0.0309. The highest BCUT2D eigenvalue weighted by molar-refractivity contribution is 9.10. The standard InChI is InChI=1S/C15H18BrNO2/c1-9(2)6-15(19)12-8-14-11(7-13(12)16)4-5-17(14)10(3)18/h7-9H,4-6H2,1-3H3. The van der Waals surface area contributed by atoms with Gasteiger partial charge in [0.25, 0.3) is 0 Å². The SMILES string of the molecule is CC(=O)N1CCc2cc(Br)c(C(=O)CC(C)C)cc21. The minimum atomic E-state index is 0.0309. The van der Waals surface area contributed by atoms with Crippen LogP contribution in [0.5, 0.6) is 0 Å². The van der Waals surface area contributed by atoms with Gasteiger partial charge in [-0.15, -0.1) is 0 Å². The molecular weight excluding hydrogens is 306 g/mol. The van der Waals surface area contributed by atoms with Gasteiger partial charge in [0.1, 0.15) is 0 Å². The van der Waals surface area contributed by atoms with E-state index in [9.17, 15) is 9.59 Å². The number of amides is 1. The van der Waals surface area contributed by atoms with Crippen LogP contribution in [-0.4, -0.2) is 18.2 Å². The number of anilines is 1. The second-order valence-electron chi connectivity index (χ2n) is 5.40. The summed E-state index contributed by atoms with van der Waals surface area (Å²) in [5, 5.41) is 0. The Labute approximate surface area is 122 Å². The zero-order chi connectivity index (χ0) is 14.2. The van der Waals surface area contributed by atoms with Gasteiger partial charge in [-0.1, -0.05) is 29.8 Å². The van der Waals surface area contributed by atoms with Crippen LogP contribution in [0.2, 0.25) is 0 Å². The summed E-state index contributed by atoms with van der Waals surface area (Å²) in [7, 11) is 0. The maximum Gasteiger partial charge on any atom is 0.223 e. The van der Waals surface area contributed by atoms with Gasteiger partial charge < -0.3 is 4.90 Å². The van der Waals surface area contributed by atoms with E-state index in [1.165, 1.54) is 0 Å². The summed E-state index contributed by atoms with van der Waals surface area (Å²) in [5.41, 5.74) is 2.70. The molecule has 1 heterocycles. The summed E-state index contributed by atoms with van der Waals surface area (Å²) in [6.45, 7) is 6.33. The van der Waals surface area contributed by atoms with Gasteiger partial charge in [-0.25, -0.2) is 0 Å². The monoisotopic (exact) mass is 323 g/mol. The summed E-state index contributed by atoms with van der Waals surface area (Å²) < 4.78 is 0.835. The molecule has 0 saturated carbocycles. The molecule has 0 fully saturated rings. The number of Topliss-reactive ketones (excluding diaryl/α,β-unsaturated/α-hetero) is 1. The zero-order valence-electron chi connectivity index (χ0n) is 11.5. The molecule has 0 radical (unpaired) electrons. The lowest BCUT2D eigenvalue weighted by molar-refractivity contribution is -0.116. The molecule has 0 saturated heterocycles. The van der Waals surface area contributed by atoms with E-state index in [0.29, 0.717) is 24.4 Å². The van der Waals surface area contributed by atoms with E-state index in [1.807, 2.05) is 26.0 Å². The fraction of sp³-hybridized carbons (Fsp3) is 0.467. The maximum absolute atomic E-state index is 12.2. The van der Waals surface area contributed by atoms with Crippen molar-refractivity contribution >= 4 is 33.3 Å². The minimum Gasteiger partial charge on any atom is -0.312 e. The first-order valence-corrected chi connectivity index (χ1v) is 7.33. The average molecular weight is 324 g/mol. The highest BCUT2D eigenvalue weighted by Crippen LogP contribution is 2.34. The van der Waals surface area contributed by atoms with Crippen molar-refractivity contribution in [2.75, 3.05) is 11.4 Å². The smallest absolute Gasteiger partial charge is 0.223 e. The molecule has 1 aliphatic heterocycles. The quantitative estimate of drug-likeness (QED) is 0.797. The Kier molecular flexibility index (Phi) is 4.09. The third-order valence-electron chi connectivity index (χ3n) is 3.34. The lowest BCUT2D eigenvalue weighted by Gasteiger charge is -2.16. The number of carbonyl (C=O) groups is 2. The summed E-state index contributed by atoms with van der Waals surface area (Å²) in [5.74, 6) is 0.486. The van der Waals surface area contributed by atoms with Crippen molar-refractivity contribution in [3.8, 4) is 0 Å². The Hall–Kier alpha value is -1.16. The Bertz CT molecular complexity index is 537. The molecule has 1 aromatic rings. The topological polar surface area (TPSA) is 37.4 Å². The van der Waals surface area contributed by atoms with E-state index in [4.69, 9.17) is 0 Å². The van der Waals surface area contributed by atoms with Crippen molar-refractivity contribution in [1.29, 1.82) is 0 Å². The third kappa shape index (κ3) is 2.89. The molecule has 1 aromatic carbocycles. The first kappa shape index (κ1) is 14.3. The van der Waals surface area contributed by atoms with Gasteiger partial charge in [0.05, 0.1) is 0 Å². The van der Waals surface area contributed by atoms with E-state index in [2.05, 4.69) is 15.9 Å². The van der Waals surface area contributed by atoms with Crippen molar-refractivity contribution in [1.82, 2.24) is 0 Å². The Balaban J connectivity index is 2.40. The van der Waals surface area contributed by atoms with Crippen LogP contribution >= 0.6 is 15.9 Å². The Morgan fingerprint density at radius 3 is 2.63 bits per heavy atom. The molecule has 0 aromatic heterocycles. The summed E-state index contributed by atoms with van der Waals surface area (Å²) in [6, 6.07) is 3.84. The molecule has 0 bridgehead atoms. The number of fused-ring (bicyclic) bond motifs is 1. The second kappa shape index (κ2) is 5.45. The van der Waals surface area contributed by atoms with Gasteiger partial charge >= 0.3 is 0 Å². The van der Waals surface area contributed by atoms with E-state index in [-0.39, 0.29) is 11.7 Å². The second-order valence-corrected chi connectivity index (χ2v) is 6.26. The zero-order valence-corrected chi connectivity index (χ0v) is 13.1. The summed E-state index contributed by atoms with van der Waals surface area (Å²) in [6.07, 6.45) is 1.38. The van der Waals surface area contributed by atoms with Gasteiger partial charge in [0.2, 0.25) is 5.91 Å². The van der Waals surface area contributed by atoms with Crippen LogP contribution in [-0.2, 0) is 11.2 Å². The van der Waals surface area contributed by atoms with Crippen LogP contribution in [0.25, 0.3) is 0 Å². The number of hydrogen-bond donors (Lipinski definition) is 0. The van der Waals surface area contributed by atoms with Gasteiger partial charge in [-0.3, -0.25) is 9.59 Å². The van der Waals surface area contributed by atoms with Crippen molar-refractivity contribution < 1.29 is 9.59 Å². The van der Waals surface area contributed by atoms with Crippen LogP contribution in [0.3, 0.4) is 0 Å².